The minimum atomic E-state index is -3.60. The lowest BCUT2D eigenvalue weighted by molar-refractivity contribution is 0.175. The average Bonchev–Trinajstić information content (AvgIpc) is 2.43. The quantitative estimate of drug-likeness (QED) is 0.716. The van der Waals surface area contributed by atoms with E-state index in [9.17, 15) is 8.42 Å². The third-order valence-corrected chi connectivity index (χ3v) is 4.80. The van der Waals surface area contributed by atoms with E-state index in [1.807, 2.05) is 13.8 Å². The van der Waals surface area contributed by atoms with Crippen LogP contribution in [0.5, 0.6) is 0 Å². The van der Waals surface area contributed by atoms with Gasteiger partial charge in [-0.15, -0.1) is 0 Å². The number of thiocarbonyl (C=S) groups is 1. The lowest BCUT2D eigenvalue weighted by Gasteiger charge is -2.23. The fourth-order valence-electron chi connectivity index (χ4n) is 1.74. The minimum absolute atomic E-state index is 0.124. The summed E-state index contributed by atoms with van der Waals surface area (Å²) >= 11 is 4.80. The number of pyridine rings is 1. The normalized spacial score (nSPS) is 12.0. The van der Waals surface area contributed by atoms with E-state index in [0.717, 1.165) is 0 Å². The van der Waals surface area contributed by atoms with Crippen LogP contribution in [0, 0.1) is 5.92 Å². The summed E-state index contributed by atoms with van der Waals surface area (Å²) in [6.45, 7) is 4.98. The van der Waals surface area contributed by atoms with E-state index >= 15 is 0 Å². The fraction of sp³-hybridized carbons (Fsp3) is 0.538. The van der Waals surface area contributed by atoms with Crippen molar-refractivity contribution in [2.45, 2.75) is 18.7 Å². The van der Waals surface area contributed by atoms with Gasteiger partial charge in [0.15, 0.2) is 0 Å². The Morgan fingerprint density at radius 3 is 2.57 bits per heavy atom. The molecule has 0 saturated heterocycles. The van der Waals surface area contributed by atoms with Crippen LogP contribution < -0.4 is 5.73 Å². The molecule has 1 heterocycles. The fourth-order valence-corrected chi connectivity index (χ4v) is 3.39. The summed E-state index contributed by atoms with van der Waals surface area (Å²) in [7, 11) is -2.06. The first kappa shape index (κ1) is 18.0. The second-order valence-corrected chi connectivity index (χ2v) is 7.37. The number of nitrogens with zero attached hydrogens (tertiary/aromatic N) is 2. The van der Waals surface area contributed by atoms with Gasteiger partial charge in [-0.1, -0.05) is 26.1 Å². The largest absolute Gasteiger partial charge is 0.388 e. The Labute approximate surface area is 131 Å². The van der Waals surface area contributed by atoms with Gasteiger partial charge in [-0.2, -0.15) is 4.31 Å². The molecule has 1 rings (SSSR count). The summed E-state index contributed by atoms with van der Waals surface area (Å²) in [6, 6.07) is 2.98. The van der Waals surface area contributed by atoms with Gasteiger partial charge >= 0.3 is 0 Å². The van der Waals surface area contributed by atoms with Crippen molar-refractivity contribution in [3.8, 4) is 0 Å². The number of hydrogen-bond acceptors (Lipinski definition) is 5. The summed E-state index contributed by atoms with van der Waals surface area (Å²) in [5, 5.41) is 0. The van der Waals surface area contributed by atoms with Crippen LogP contribution in [0.4, 0.5) is 0 Å². The number of hydrogen-bond donors (Lipinski definition) is 1. The molecule has 0 aliphatic carbocycles. The molecule has 1 aromatic rings. The van der Waals surface area contributed by atoms with Crippen LogP contribution >= 0.6 is 12.2 Å². The number of sulfonamides is 1. The molecule has 0 bridgehead atoms. The Bertz CT molecular complexity index is 571. The summed E-state index contributed by atoms with van der Waals surface area (Å²) in [4.78, 5) is 4.24. The molecule has 0 aromatic carbocycles. The summed E-state index contributed by atoms with van der Waals surface area (Å²) in [6.07, 6.45) is 1.28. The van der Waals surface area contributed by atoms with E-state index in [0.29, 0.717) is 25.4 Å². The molecule has 0 spiro atoms. The number of methoxy groups -OCH3 is 1. The molecule has 2 N–H and O–H groups in total. The van der Waals surface area contributed by atoms with Gasteiger partial charge < -0.3 is 10.5 Å². The van der Waals surface area contributed by atoms with Gasteiger partial charge in [-0.25, -0.2) is 8.42 Å². The molecule has 1 aromatic heterocycles. The maximum atomic E-state index is 12.6. The smallest absolute Gasteiger partial charge is 0.244 e. The van der Waals surface area contributed by atoms with Gasteiger partial charge in [0, 0.05) is 26.4 Å². The van der Waals surface area contributed by atoms with Crippen LogP contribution in [-0.2, 0) is 14.8 Å². The standard InChI is InChI=1S/C13H21N3O3S2/c1-10(2)9-16(6-7-19-3)21(17,18)11-4-5-12(13(14)20)15-8-11/h4-5,8,10H,6-7,9H2,1-3H3,(H2,14,20). The first-order valence-corrected chi connectivity index (χ1v) is 8.38. The van der Waals surface area contributed by atoms with E-state index in [2.05, 4.69) is 4.98 Å². The van der Waals surface area contributed by atoms with E-state index < -0.39 is 10.0 Å². The Balaban J connectivity index is 3.06. The van der Waals surface area contributed by atoms with Crippen molar-refractivity contribution >= 4 is 27.2 Å². The topological polar surface area (TPSA) is 85.5 Å². The van der Waals surface area contributed by atoms with Crippen molar-refractivity contribution in [2.75, 3.05) is 26.8 Å². The average molecular weight is 331 g/mol. The van der Waals surface area contributed by atoms with Crippen LogP contribution in [0.25, 0.3) is 0 Å². The van der Waals surface area contributed by atoms with Gasteiger partial charge in [0.05, 0.1) is 12.3 Å². The van der Waals surface area contributed by atoms with Gasteiger partial charge in [0.25, 0.3) is 0 Å². The van der Waals surface area contributed by atoms with Crippen molar-refractivity contribution in [3.63, 3.8) is 0 Å². The predicted octanol–water partition coefficient (Wildman–Crippen LogP) is 1.01. The van der Waals surface area contributed by atoms with Gasteiger partial charge in [0.1, 0.15) is 9.88 Å². The molecule has 0 radical (unpaired) electrons. The first-order valence-electron chi connectivity index (χ1n) is 6.54. The zero-order chi connectivity index (χ0) is 16.0. The molecule has 8 heteroatoms. The van der Waals surface area contributed by atoms with Crippen molar-refractivity contribution < 1.29 is 13.2 Å². The zero-order valence-corrected chi connectivity index (χ0v) is 14.1. The molecule has 0 atom stereocenters. The van der Waals surface area contributed by atoms with Crippen molar-refractivity contribution in [1.29, 1.82) is 0 Å². The van der Waals surface area contributed by atoms with Gasteiger partial charge in [-0.05, 0) is 18.1 Å². The number of nitrogens with two attached hydrogens (primary N) is 1. The van der Waals surface area contributed by atoms with Gasteiger partial charge in [0.2, 0.25) is 10.0 Å². The highest BCUT2D eigenvalue weighted by Gasteiger charge is 2.25. The second-order valence-electron chi connectivity index (χ2n) is 4.99. The SMILES string of the molecule is COCCN(CC(C)C)S(=O)(=O)c1ccc(C(N)=S)nc1. The zero-order valence-electron chi connectivity index (χ0n) is 12.4. The van der Waals surface area contributed by atoms with Crippen LogP contribution in [-0.4, -0.2) is 49.5 Å². The number of aromatic nitrogens is 1. The lowest BCUT2D eigenvalue weighted by Crippen LogP contribution is -2.36. The minimum Gasteiger partial charge on any atom is -0.388 e. The Morgan fingerprint density at radius 2 is 2.14 bits per heavy atom. The molecule has 6 nitrogen and oxygen atoms in total. The van der Waals surface area contributed by atoms with Crippen molar-refractivity contribution in [3.05, 3.63) is 24.0 Å². The van der Waals surface area contributed by atoms with Crippen LogP contribution in [0.1, 0.15) is 19.5 Å². The van der Waals surface area contributed by atoms with Crippen molar-refractivity contribution in [1.82, 2.24) is 9.29 Å². The number of ether oxygens (including phenoxy) is 1. The second kappa shape index (κ2) is 7.79. The van der Waals surface area contributed by atoms with Crippen LogP contribution in [0.15, 0.2) is 23.2 Å². The predicted molar refractivity (Wildman–Crippen MR) is 85.6 cm³/mol. The monoisotopic (exact) mass is 331 g/mol. The summed E-state index contributed by atoms with van der Waals surface area (Å²) < 4.78 is 31.6. The van der Waals surface area contributed by atoms with E-state index in [1.54, 1.807) is 7.11 Å². The Kier molecular flexibility index (Phi) is 6.66. The third-order valence-electron chi connectivity index (χ3n) is 2.74. The van der Waals surface area contributed by atoms with E-state index in [1.165, 1.54) is 22.6 Å². The molecule has 0 unspecified atom stereocenters. The Hall–Kier alpha value is -1.09. The van der Waals surface area contributed by atoms with Crippen molar-refractivity contribution in [2.24, 2.45) is 11.7 Å². The third kappa shape index (κ3) is 4.99. The highest BCUT2D eigenvalue weighted by atomic mass is 32.2. The van der Waals surface area contributed by atoms with Gasteiger partial charge in [-0.3, -0.25) is 4.98 Å². The summed E-state index contributed by atoms with van der Waals surface area (Å²) in [5.74, 6) is 0.209. The Morgan fingerprint density at radius 1 is 1.48 bits per heavy atom. The van der Waals surface area contributed by atoms with E-state index in [-0.39, 0.29) is 15.8 Å². The molecule has 0 saturated carbocycles. The molecule has 21 heavy (non-hydrogen) atoms. The highest BCUT2D eigenvalue weighted by molar-refractivity contribution is 7.89. The molecule has 0 amide bonds. The molecular formula is C13H21N3O3S2. The van der Waals surface area contributed by atoms with Crippen LogP contribution in [0.3, 0.4) is 0 Å². The molecule has 118 valence electrons. The number of rotatable bonds is 8. The summed E-state index contributed by atoms with van der Waals surface area (Å²) in [5.41, 5.74) is 5.86. The maximum absolute atomic E-state index is 12.6. The molecule has 0 aliphatic heterocycles. The molecular weight excluding hydrogens is 310 g/mol. The van der Waals surface area contributed by atoms with Crippen LogP contribution in [0.2, 0.25) is 0 Å². The first-order chi connectivity index (χ1) is 9.78. The van der Waals surface area contributed by atoms with E-state index in [4.69, 9.17) is 22.7 Å². The highest BCUT2D eigenvalue weighted by Crippen LogP contribution is 2.16. The molecule has 0 aliphatic rings. The molecule has 0 fully saturated rings. The lowest BCUT2D eigenvalue weighted by atomic mass is 10.2. The maximum Gasteiger partial charge on any atom is 0.244 e.